The van der Waals surface area contributed by atoms with Crippen molar-refractivity contribution in [3.63, 3.8) is 0 Å². The summed E-state index contributed by atoms with van der Waals surface area (Å²) in [6, 6.07) is 16.7. The van der Waals surface area contributed by atoms with E-state index in [0.29, 0.717) is 5.56 Å². The van der Waals surface area contributed by atoms with Gasteiger partial charge in [-0.3, -0.25) is 14.4 Å². The van der Waals surface area contributed by atoms with Crippen molar-refractivity contribution >= 4 is 28.7 Å². The third-order valence-electron chi connectivity index (χ3n) is 7.04. The van der Waals surface area contributed by atoms with Crippen LogP contribution >= 0.6 is 0 Å². The zero-order valence-corrected chi connectivity index (χ0v) is 20.2. The Hall–Kier alpha value is -3.65. The number of amides is 2. The maximum Gasteiger partial charge on any atom is 0.314 e. The number of fused-ring (bicyclic) bond motifs is 1. The number of nitrogens with zero attached hydrogens (tertiary/aromatic N) is 1. The van der Waals surface area contributed by atoms with Crippen LogP contribution in [0, 0.1) is 0 Å². The second-order valence-corrected chi connectivity index (χ2v) is 9.74. The number of hydrogen-bond acceptors (Lipinski definition) is 4. The molecule has 3 atom stereocenters. The minimum absolute atomic E-state index is 0.165. The van der Waals surface area contributed by atoms with Crippen molar-refractivity contribution < 1.29 is 19.5 Å². The molecule has 1 aliphatic heterocycles. The number of carbonyl (C=O) groups is 3. The van der Waals surface area contributed by atoms with E-state index in [0.717, 1.165) is 16.5 Å². The number of benzene rings is 2. The smallest absolute Gasteiger partial charge is 0.314 e. The summed E-state index contributed by atoms with van der Waals surface area (Å²) in [5.41, 5.74) is 5.68. The molecule has 0 saturated carbocycles. The Kier molecular flexibility index (Phi) is 6.42. The molecular formula is C27H32N4O4. The van der Waals surface area contributed by atoms with Crippen LogP contribution in [0.1, 0.15) is 50.7 Å². The fourth-order valence-corrected chi connectivity index (χ4v) is 5.22. The van der Waals surface area contributed by atoms with Crippen LogP contribution < -0.4 is 11.1 Å². The highest BCUT2D eigenvalue weighted by molar-refractivity contribution is 5.91. The SMILES string of the molecule is CCC(=O)N1CCC(C(=O)O)(c2ccccc2)C(c2c[nH]c3ccccc23)C1NC(=O)C(C)(C)N. The molecule has 2 heterocycles. The quantitative estimate of drug-likeness (QED) is 0.435. The van der Waals surface area contributed by atoms with Crippen molar-refractivity contribution in [3.05, 3.63) is 71.9 Å². The molecule has 3 aromatic rings. The number of nitrogens with one attached hydrogen (secondary N) is 2. The summed E-state index contributed by atoms with van der Waals surface area (Å²) in [4.78, 5) is 44.3. The predicted molar refractivity (Wildman–Crippen MR) is 134 cm³/mol. The fraction of sp³-hybridized carbons (Fsp3) is 0.370. The molecule has 8 nitrogen and oxygen atoms in total. The third-order valence-corrected chi connectivity index (χ3v) is 7.04. The number of carbonyl (C=O) groups excluding carboxylic acids is 2. The lowest BCUT2D eigenvalue weighted by molar-refractivity contribution is -0.154. The second kappa shape index (κ2) is 9.19. The summed E-state index contributed by atoms with van der Waals surface area (Å²) in [6.45, 7) is 5.10. The van der Waals surface area contributed by atoms with E-state index >= 15 is 0 Å². The number of carboxylic acids is 1. The molecule has 35 heavy (non-hydrogen) atoms. The van der Waals surface area contributed by atoms with E-state index in [2.05, 4.69) is 10.3 Å². The molecule has 1 aliphatic rings. The minimum Gasteiger partial charge on any atom is -0.481 e. The van der Waals surface area contributed by atoms with Crippen LogP contribution in [0.4, 0.5) is 0 Å². The number of aromatic nitrogens is 1. The van der Waals surface area contributed by atoms with Crippen LogP contribution in [0.3, 0.4) is 0 Å². The van der Waals surface area contributed by atoms with Crippen LogP contribution in [0.25, 0.3) is 10.9 Å². The molecule has 0 radical (unpaired) electrons. The van der Waals surface area contributed by atoms with Gasteiger partial charge in [0, 0.05) is 36.0 Å². The van der Waals surface area contributed by atoms with E-state index in [1.807, 2.05) is 42.5 Å². The average molecular weight is 477 g/mol. The van der Waals surface area contributed by atoms with E-state index < -0.39 is 34.9 Å². The van der Waals surface area contributed by atoms with Crippen LogP contribution in [-0.4, -0.2) is 51.0 Å². The maximum absolute atomic E-state index is 13.2. The summed E-state index contributed by atoms with van der Waals surface area (Å²) in [5.74, 6) is -2.42. The molecule has 0 spiro atoms. The zero-order valence-electron chi connectivity index (χ0n) is 20.2. The predicted octanol–water partition coefficient (Wildman–Crippen LogP) is 3.10. The van der Waals surface area contributed by atoms with Gasteiger partial charge < -0.3 is 26.0 Å². The van der Waals surface area contributed by atoms with Gasteiger partial charge in [-0.15, -0.1) is 0 Å². The van der Waals surface area contributed by atoms with Gasteiger partial charge in [0.15, 0.2) is 0 Å². The Morgan fingerprint density at radius 2 is 1.80 bits per heavy atom. The Morgan fingerprint density at radius 1 is 1.14 bits per heavy atom. The van der Waals surface area contributed by atoms with Crippen molar-refractivity contribution in [2.75, 3.05) is 6.54 Å². The first kappa shape index (κ1) is 24.5. The van der Waals surface area contributed by atoms with Crippen molar-refractivity contribution in [1.29, 1.82) is 0 Å². The second-order valence-electron chi connectivity index (χ2n) is 9.74. The maximum atomic E-state index is 13.2. The lowest BCUT2D eigenvalue weighted by atomic mass is 9.62. The van der Waals surface area contributed by atoms with Gasteiger partial charge in [-0.25, -0.2) is 0 Å². The minimum atomic E-state index is -1.40. The van der Waals surface area contributed by atoms with Gasteiger partial charge in [0.2, 0.25) is 11.8 Å². The number of aliphatic carboxylic acids is 1. The van der Waals surface area contributed by atoms with Crippen LogP contribution in [0.15, 0.2) is 60.8 Å². The molecule has 2 amide bonds. The zero-order chi connectivity index (χ0) is 25.4. The lowest BCUT2D eigenvalue weighted by Crippen LogP contribution is -2.67. The first-order valence-electron chi connectivity index (χ1n) is 11.9. The number of aromatic amines is 1. The average Bonchev–Trinajstić information content (AvgIpc) is 3.26. The highest BCUT2D eigenvalue weighted by Gasteiger charge is 2.57. The van der Waals surface area contributed by atoms with Crippen LogP contribution in [0.2, 0.25) is 0 Å². The summed E-state index contributed by atoms with van der Waals surface area (Å²) in [6.07, 6.45) is 1.30. The van der Waals surface area contributed by atoms with Gasteiger partial charge in [0.05, 0.1) is 5.54 Å². The van der Waals surface area contributed by atoms with E-state index in [1.165, 1.54) is 0 Å². The topological polar surface area (TPSA) is 129 Å². The van der Waals surface area contributed by atoms with Gasteiger partial charge in [0.25, 0.3) is 0 Å². The number of rotatable bonds is 6. The number of H-pyrrole nitrogens is 1. The van der Waals surface area contributed by atoms with Crippen molar-refractivity contribution in [2.45, 2.75) is 56.7 Å². The standard InChI is InChI=1S/C27H32N4O4/c1-4-21(32)31-15-14-27(25(34)35,17-10-6-5-7-11-17)22(23(31)30-24(33)26(2,3)28)19-16-29-20-13-9-8-12-18(19)20/h5-13,16,22-23,29H,4,14-15,28H2,1-3H3,(H,30,33)(H,34,35). The molecule has 184 valence electrons. The molecule has 5 N–H and O–H groups in total. The van der Waals surface area contributed by atoms with E-state index in [1.54, 1.807) is 44.0 Å². The Balaban J connectivity index is 2.01. The highest BCUT2D eigenvalue weighted by atomic mass is 16.4. The van der Waals surface area contributed by atoms with Crippen molar-refractivity contribution in [3.8, 4) is 0 Å². The monoisotopic (exact) mass is 476 g/mol. The third kappa shape index (κ3) is 4.18. The highest BCUT2D eigenvalue weighted by Crippen LogP contribution is 2.50. The number of carboxylic acid groups (broad SMARTS) is 1. The fourth-order valence-electron chi connectivity index (χ4n) is 5.22. The number of nitrogens with two attached hydrogens (primary N) is 1. The summed E-state index contributed by atoms with van der Waals surface area (Å²) >= 11 is 0. The van der Waals surface area contributed by atoms with E-state index in [-0.39, 0.29) is 25.3 Å². The van der Waals surface area contributed by atoms with Gasteiger partial charge in [-0.05, 0) is 37.5 Å². The number of piperidine rings is 1. The molecular weight excluding hydrogens is 444 g/mol. The number of para-hydroxylation sites is 1. The summed E-state index contributed by atoms with van der Waals surface area (Å²) < 4.78 is 0. The first-order valence-corrected chi connectivity index (χ1v) is 11.9. The normalized spacial score (nSPS) is 22.7. The van der Waals surface area contributed by atoms with Crippen LogP contribution in [-0.2, 0) is 19.8 Å². The van der Waals surface area contributed by atoms with Gasteiger partial charge in [0.1, 0.15) is 11.6 Å². The lowest BCUT2D eigenvalue weighted by Gasteiger charge is -2.51. The largest absolute Gasteiger partial charge is 0.481 e. The molecule has 1 aromatic heterocycles. The van der Waals surface area contributed by atoms with E-state index in [9.17, 15) is 19.5 Å². The molecule has 2 aromatic carbocycles. The summed E-state index contributed by atoms with van der Waals surface area (Å²) in [7, 11) is 0. The molecule has 3 unspecified atom stereocenters. The Labute approximate surface area is 204 Å². The molecule has 8 heteroatoms. The Morgan fingerprint density at radius 3 is 2.43 bits per heavy atom. The molecule has 0 bridgehead atoms. The Bertz CT molecular complexity index is 1250. The van der Waals surface area contributed by atoms with Gasteiger partial charge in [-0.2, -0.15) is 0 Å². The number of likely N-dealkylation sites (tertiary alicyclic amines) is 1. The molecule has 1 fully saturated rings. The van der Waals surface area contributed by atoms with Crippen molar-refractivity contribution in [1.82, 2.24) is 15.2 Å². The number of hydrogen-bond donors (Lipinski definition) is 4. The van der Waals surface area contributed by atoms with E-state index in [4.69, 9.17) is 5.73 Å². The molecule has 0 aliphatic carbocycles. The molecule has 1 saturated heterocycles. The summed E-state index contributed by atoms with van der Waals surface area (Å²) in [5, 5.41) is 14.6. The first-order chi connectivity index (χ1) is 16.6. The van der Waals surface area contributed by atoms with Gasteiger partial charge >= 0.3 is 5.97 Å². The van der Waals surface area contributed by atoms with Gasteiger partial charge in [-0.1, -0.05) is 55.5 Å². The van der Waals surface area contributed by atoms with Crippen molar-refractivity contribution in [2.24, 2.45) is 5.73 Å². The molecule has 4 rings (SSSR count). The van der Waals surface area contributed by atoms with Crippen LogP contribution in [0.5, 0.6) is 0 Å².